The minimum atomic E-state index is -0.492. The number of ketones is 1. The van der Waals surface area contributed by atoms with Crippen molar-refractivity contribution in [3.05, 3.63) is 68.9 Å². The summed E-state index contributed by atoms with van der Waals surface area (Å²) in [6.07, 6.45) is 1.60. The van der Waals surface area contributed by atoms with Gasteiger partial charge >= 0.3 is 0 Å². The second-order valence-electron chi connectivity index (χ2n) is 4.62. The normalized spacial score (nSPS) is 10.6. The molecule has 0 bridgehead atoms. The fourth-order valence-corrected chi connectivity index (χ4v) is 2.73. The third-order valence-corrected chi connectivity index (χ3v) is 4.06. The molecular weight excluding hydrogens is 319 g/mol. The Labute approximate surface area is 127 Å². The second-order valence-corrected chi connectivity index (χ2v) is 5.48. The van der Waals surface area contributed by atoms with Gasteiger partial charge in [0, 0.05) is 10.0 Å². The summed E-state index contributed by atoms with van der Waals surface area (Å²) in [6.45, 7) is 4.03. The van der Waals surface area contributed by atoms with E-state index in [4.69, 9.17) is 0 Å². The Morgan fingerprint density at radius 2 is 1.90 bits per heavy atom. The lowest BCUT2D eigenvalue weighted by Crippen LogP contribution is -2.09. The summed E-state index contributed by atoms with van der Waals surface area (Å²) in [5, 5.41) is 0. The van der Waals surface area contributed by atoms with E-state index in [1.54, 1.807) is 12.1 Å². The molecule has 0 fully saturated rings. The van der Waals surface area contributed by atoms with E-state index in [2.05, 4.69) is 15.9 Å². The first-order valence-electron chi connectivity index (χ1n) is 6.69. The number of halogens is 2. The number of carbonyl (C=O) groups is 1. The molecule has 0 spiro atoms. The number of rotatable bonds is 4. The summed E-state index contributed by atoms with van der Waals surface area (Å²) in [6, 6.07) is 10.4. The van der Waals surface area contributed by atoms with Gasteiger partial charge in [-0.25, -0.2) is 4.39 Å². The fraction of sp³-hybridized carbons (Fsp3) is 0.235. The van der Waals surface area contributed by atoms with E-state index in [0.717, 1.165) is 24.0 Å². The van der Waals surface area contributed by atoms with Gasteiger partial charge in [0.15, 0.2) is 5.78 Å². The zero-order valence-corrected chi connectivity index (χ0v) is 13.1. The van der Waals surface area contributed by atoms with Crippen LogP contribution < -0.4 is 0 Å². The molecule has 0 heterocycles. The van der Waals surface area contributed by atoms with Crippen LogP contribution in [0.25, 0.3) is 0 Å². The molecule has 0 atom stereocenters. The zero-order valence-electron chi connectivity index (χ0n) is 11.5. The highest BCUT2D eigenvalue weighted by Gasteiger charge is 2.19. The van der Waals surface area contributed by atoms with Crippen LogP contribution in [0.4, 0.5) is 4.39 Å². The van der Waals surface area contributed by atoms with E-state index in [1.807, 2.05) is 32.0 Å². The molecule has 0 aromatic heterocycles. The van der Waals surface area contributed by atoms with Crippen LogP contribution in [0, 0.1) is 5.82 Å². The summed E-state index contributed by atoms with van der Waals surface area (Å²) in [7, 11) is 0. The predicted octanol–water partition coefficient (Wildman–Crippen LogP) is 4.94. The highest BCUT2D eigenvalue weighted by molar-refractivity contribution is 9.10. The highest BCUT2D eigenvalue weighted by Crippen LogP contribution is 2.25. The quantitative estimate of drug-likeness (QED) is 0.723. The standard InChI is InChI=1S/C17H16BrFO/c1-3-11-8-9-12(4-2)13(10-11)17(20)16-14(18)6-5-7-15(16)19/h5-10H,3-4H2,1-2H3. The van der Waals surface area contributed by atoms with Crippen LogP contribution in [-0.4, -0.2) is 5.78 Å². The van der Waals surface area contributed by atoms with Gasteiger partial charge in [0.25, 0.3) is 0 Å². The van der Waals surface area contributed by atoms with Crippen molar-refractivity contribution in [3.63, 3.8) is 0 Å². The summed E-state index contributed by atoms with van der Waals surface area (Å²) >= 11 is 3.27. The van der Waals surface area contributed by atoms with Crippen molar-refractivity contribution in [1.82, 2.24) is 0 Å². The van der Waals surface area contributed by atoms with Crippen molar-refractivity contribution in [2.75, 3.05) is 0 Å². The van der Waals surface area contributed by atoms with Gasteiger partial charge in [-0.3, -0.25) is 4.79 Å². The molecule has 0 aliphatic rings. The van der Waals surface area contributed by atoms with Crippen LogP contribution in [0.15, 0.2) is 40.9 Å². The number of hydrogen-bond donors (Lipinski definition) is 0. The average Bonchev–Trinajstić information content (AvgIpc) is 2.46. The molecule has 2 rings (SSSR count). The summed E-state index contributed by atoms with van der Waals surface area (Å²) in [5.74, 6) is -0.754. The van der Waals surface area contributed by atoms with Crippen LogP contribution in [0.5, 0.6) is 0 Å². The summed E-state index contributed by atoms with van der Waals surface area (Å²) in [5.41, 5.74) is 2.73. The number of benzene rings is 2. The third kappa shape index (κ3) is 2.83. The zero-order chi connectivity index (χ0) is 14.7. The topological polar surface area (TPSA) is 17.1 Å². The van der Waals surface area contributed by atoms with Gasteiger partial charge in [-0.2, -0.15) is 0 Å². The first-order chi connectivity index (χ1) is 9.58. The average molecular weight is 335 g/mol. The Morgan fingerprint density at radius 3 is 2.50 bits per heavy atom. The van der Waals surface area contributed by atoms with Crippen molar-refractivity contribution in [2.45, 2.75) is 26.7 Å². The van der Waals surface area contributed by atoms with E-state index >= 15 is 0 Å². The highest BCUT2D eigenvalue weighted by atomic mass is 79.9. The molecule has 20 heavy (non-hydrogen) atoms. The summed E-state index contributed by atoms with van der Waals surface area (Å²) < 4.78 is 14.4. The van der Waals surface area contributed by atoms with Crippen molar-refractivity contribution in [1.29, 1.82) is 0 Å². The Hall–Kier alpha value is -1.48. The molecular formula is C17H16BrFO. The second kappa shape index (κ2) is 6.31. The maximum Gasteiger partial charge on any atom is 0.197 e. The monoisotopic (exact) mass is 334 g/mol. The minimum Gasteiger partial charge on any atom is -0.288 e. The summed E-state index contributed by atoms with van der Waals surface area (Å²) in [4.78, 5) is 12.7. The Bertz CT molecular complexity index is 629. The molecule has 0 amide bonds. The lowest BCUT2D eigenvalue weighted by atomic mass is 9.94. The maximum atomic E-state index is 14.0. The SMILES string of the molecule is CCc1ccc(CC)c(C(=O)c2c(F)cccc2Br)c1. The van der Waals surface area contributed by atoms with Crippen molar-refractivity contribution < 1.29 is 9.18 Å². The van der Waals surface area contributed by atoms with Gasteiger partial charge in [-0.1, -0.05) is 32.0 Å². The Balaban J connectivity index is 2.58. The van der Waals surface area contributed by atoms with Crippen molar-refractivity contribution in [3.8, 4) is 0 Å². The van der Waals surface area contributed by atoms with E-state index in [-0.39, 0.29) is 11.3 Å². The van der Waals surface area contributed by atoms with Crippen LogP contribution in [0.2, 0.25) is 0 Å². The van der Waals surface area contributed by atoms with Crippen molar-refractivity contribution >= 4 is 21.7 Å². The van der Waals surface area contributed by atoms with Gasteiger partial charge in [0.1, 0.15) is 5.82 Å². The molecule has 0 radical (unpaired) electrons. The first kappa shape index (κ1) is 14.9. The molecule has 0 N–H and O–H groups in total. The molecule has 1 nitrogen and oxygen atoms in total. The number of aryl methyl sites for hydroxylation is 2. The Kier molecular flexibility index (Phi) is 4.71. The van der Waals surface area contributed by atoms with Gasteiger partial charge in [0.2, 0.25) is 0 Å². The number of carbonyl (C=O) groups excluding carboxylic acids is 1. The predicted molar refractivity (Wildman–Crippen MR) is 82.7 cm³/mol. The van der Waals surface area contributed by atoms with E-state index in [0.29, 0.717) is 10.0 Å². The lowest BCUT2D eigenvalue weighted by Gasteiger charge is -2.11. The number of hydrogen-bond acceptors (Lipinski definition) is 1. The smallest absolute Gasteiger partial charge is 0.197 e. The van der Waals surface area contributed by atoms with E-state index < -0.39 is 5.82 Å². The molecule has 3 heteroatoms. The van der Waals surface area contributed by atoms with Crippen LogP contribution in [-0.2, 0) is 12.8 Å². The molecule has 0 unspecified atom stereocenters. The van der Waals surface area contributed by atoms with Crippen LogP contribution >= 0.6 is 15.9 Å². The molecule has 0 aliphatic heterocycles. The largest absolute Gasteiger partial charge is 0.288 e. The van der Waals surface area contributed by atoms with Gasteiger partial charge < -0.3 is 0 Å². The Morgan fingerprint density at radius 1 is 1.15 bits per heavy atom. The lowest BCUT2D eigenvalue weighted by molar-refractivity contribution is 0.103. The maximum absolute atomic E-state index is 14.0. The molecule has 0 saturated heterocycles. The van der Waals surface area contributed by atoms with Crippen LogP contribution in [0.1, 0.15) is 40.9 Å². The molecule has 0 saturated carbocycles. The van der Waals surface area contributed by atoms with Crippen molar-refractivity contribution in [2.24, 2.45) is 0 Å². The fourth-order valence-electron chi connectivity index (χ4n) is 2.21. The molecule has 104 valence electrons. The van der Waals surface area contributed by atoms with E-state index in [9.17, 15) is 9.18 Å². The molecule has 0 aliphatic carbocycles. The van der Waals surface area contributed by atoms with E-state index in [1.165, 1.54) is 6.07 Å². The molecule has 2 aromatic rings. The molecule has 2 aromatic carbocycles. The first-order valence-corrected chi connectivity index (χ1v) is 7.48. The van der Waals surface area contributed by atoms with Crippen LogP contribution in [0.3, 0.4) is 0 Å². The van der Waals surface area contributed by atoms with Gasteiger partial charge in [-0.15, -0.1) is 0 Å². The van der Waals surface area contributed by atoms with Gasteiger partial charge in [-0.05, 0) is 58.1 Å². The third-order valence-electron chi connectivity index (χ3n) is 3.40. The minimum absolute atomic E-state index is 0.107. The van der Waals surface area contributed by atoms with Gasteiger partial charge in [0.05, 0.1) is 5.56 Å².